The molecule has 1 aromatic carbocycles. The van der Waals surface area contributed by atoms with Crippen LogP contribution >= 0.6 is 0 Å². The van der Waals surface area contributed by atoms with Crippen LogP contribution in [-0.4, -0.2) is 47.0 Å². The fraction of sp³-hybridized carbons (Fsp3) is 0.526. The predicted octanol–water partition coefficient (Wildman–Crippen LogP) is 3.25. The van der Waals surface area contributed by atoms with Crippen molar-refractivity contribution in [3.05, 3.63) is 42.7 Å². The molecule has 0 bridgehead atoms. The lowest BCUT2D eigenvalue weighted by Crippen LogP contribution is -2.33. The quantitative estimate of drug-likeness (QED) is 0.808. The zero-order valence-corrected chi connectivity index (χ0v) is 14.5. The summed E-state index contributed by atoms with van der Waals surface area (Å²) in [5, 5.41) is 7.73. The first-order chi connectivity index (χ1) is 11.8. The van der Waals surface area contributed by atoms with Gasteiger partial charge in [-0.3, -0.25) is 9.58 Å². The van der Waals surface area contributed by atoms with E-state index in [1.54, 1.807) is 0 Å². The molecular formula is C19H28N4O. The molecule has 3 rings (SSSR count). The molecule has 1 saturated heterocycles. The third-order valence-electron chi connectivity index (χ3n) is 4.41. The van der Waals surface area contributed by atoms with Crippen LogP contribution in [0.15, 0.2) is 42.7 Å². The predicted molar refractivity (Wildman–Crippen MR) is 97.5 cm³/mol. The van der Waals surface area contributed by atoms with Crippen LogP contribution in [0.25, 0.3) is 0 Å². The SMILES string of the molecule is CC(Cn1cccn1)Nc1ccc(OCCN2CCCCC2)cc1. The lowest BCUT2D eigenvalue weighted by molar-refractivity contribution is 0.183. The number of hydrogen-bond acceptors (Lipinski definition) is 4. The van der Waals surface area contributed by atoms with Gasteiger partial charge < -0.3 is 10.1 Å². The molecule has 0 amide bonds. The van der Waals surface area contributed by atoms with Gasteiger partial charge in [0.05, 0.1) is 6.54 Å². The number of piperidine rings is 1. The van der Waals surface area contributed by atoms with Crippen molar-refractivity contribution in [2.45, 2.75) is 38.8 Å². The molecular weight excluding hydrogens is 300 g/mol. The highest BCUT2D eigenvalue weighted by atomic mass is 16.5. The molecule has 1 aromatic heterocycles. The molecule has 1 unspecified atom stereocenters. The fourth-order valence-corrected chi connectivity index (χ4v) is 3.14. The van der Waals surface area contributed by atoms with Crippen LogP contribution < -0.4 is 10.1 Å². The Morgan fingerprint density at radius 2 is 1.96 bits per heavy atom. The number of hydrogen-bond donors (Lipinski definition) is 1. The Morgan fingerprint density at radius 1 is 1.17 bits per heavy atom. The molecule has 2 heterocycles. The van der Waals surface area contributed by atoms with Crippen molar-refractivity contribution in [1.29, 1.82) is 0 Å². The van der Waals surface area contributed by atoms with E-state index in [9.17, 15) is 0 Å². The lowest BCUT2D eigenvalue weighted by Gasteiger charge is -2.26. The molecule has 1 N–H and O–H groups in total. The van der Waals surface area contributed by atoms with E-state index in [1.807, 2.05) is 35.3 Å². The number of ether oxygens (including phenoxy) is 1. The molecule has 1 aliphatic heterocycles. The van der Waals surface area contributed by atoms with Crippen LogP contribution in [0, 0.1) is 0 Å². The molecule has 0 saturated carbocycles. The Labute approximate surface area is 144 Å². The fourth-order valence-electron chi connectivity index (χ4n) is 3.14. The molecule has 0 radical (unpaired) electrons. The van der Waals surface area contributed by atoms with Crippen molar-refractivity contribution in [2.24, 2.45) is 0 Å². The van der Waals surface area contributed by atoms with Gasteiger partial charge in [0, 0.05) is 30.7 Å². The Hall–Kier alpha value is -2.01. The topological polar surface area (TPSA) is 42.3 Å². The van der Waals surface area contributed by atoms with E-state index in [0.29, 0.717) is 6.04 Å². The number of rotatable bonds is 8. The van der Waals surface area contributed by atoms with Gasteiger partial charge in [-0.2, -0.15) is 5.10 Å². The number of nitrogens with zero attached hydrogens (tertiary/aromatic N) is 3. The molecule has 2 aromatic rings. The van der Waals surface area contributed by atoms with E-state index in [0.717, 1.165) is 31.1 Å². The minimum atomic E-state index is 0.316. The molecule has 1 aliphatic rings. The van der Waals surface area contributed by atoms with Gasteiger partial charge in [-0.05, 0) is 63.2 Å². The summed E-state index contributed by atoms with van der Waals surface area (Å²) in [6.07, 6.45) is 7.83. The summed E-state index contributed by atoms with van der Waals surface area (Å²) in [5.41, 5.74) is 1.11. The number of aromatic nitrogens is 2. The van der Waals surface area contributed by atoms with Gasteiger partial charge in [-0.15, -0.1) is 0 Å². The van der Waals surface area contributed by atoms with Crippen LogP contribution in [0.1, 0.15) is 26.2 Å². The first-order valence-corrected chi connectivity index (χ1v) is 8.99. The van der Waals surface area contributed by atoms with E-state index >= 15 is 0 Å². The molecule has 130 valence electrons. The summed E-state index contributed by atoms with van der Waals surface area (Å²) in [7, 11) is 0. The smallest absolute Gasteiger partial charge is 0.119 e. The van der Waals surface area contributed by atoms with Crippen molar-refractivity contribution in [3.63, 3.8) is 0 Å². The van der Waals surface area contributed by atoms with E-state index in [-0.39, 0.29) is 0 Å². The van der Waals surface area contributed by atoms with Gasteiger partial charge >= 0.3 is 0 Å². The summed E-state index contributed by atoms with van der Waals surface area (Å²) in [6, 6.07) is 10.5. The van der Waals surface area contributed by atoms with E-state index < -0.39 is 0 Å². The highest BCUT2D eigenvalue weighted by Crippen LogP contribution is 2.17. The van der Waals surface area contributed by atoms with Gasteiger partial charge in [-0.1, -0.05) is 6.42 Å². The standard InChI is InChI=1S/C19H28N4O/c1-17(16-23-13-5-10-20-23)21-18-6-8-19(9-7-18)24-15-14-22-11-3-2-4-12-22/h5-10,13,17,21H,2-4,11-12,14-16H2,1H3. The van der Waals surface area contributed by atoms with E-state index in [4.69, 9.17) is 4.74 Å². The maximum absolute atomic E-state index is 5.87. The van der Waals surface area contributed by atoms with E-state index in [2.05, 4.69) is 34.4 Å². The Bertz CT molecular complexity index is 576. The van der Waals surface area contributed by atoms with Crippen molar-refractivity contribution in [1.82, 2.24) is 14.7 Å². The minimum Gasteiger partial charge on any atom is -0.492 e. The monoisotopic (exact) mass is 328 g/mol. The van der Waals surface area contributed by atoms with Crippen LogP contribution in [0.5, 0.6) is 5.75 Å². The summed E-state index contributed by atoms with van der Waals surface area (Å²) in [4.78, 5) is 2.50. The van der Waals surface area contributed by atoms with E-state index in [1.165, 1.54) is 32.4 Å². The van der Waals surface area contributed by atoms with Crippen LogP contribution in [0.2, 0.25) is 0 Å². The van der Waals surface area contributed by atoms with Crippen LogP contribution in [0.4, 0.5) is 5.69 Å². The first kappa shape index (κ1) is 16.8. The zero-order valence-electron chi connectivity index (χ0n) is 14.5. The number of likely N-dealkylation sites (tertiary alicyclic amines) is 1. The average molecular weight is 328 g/mol. The van der Waals surface area contributed by atoms with Crippen molar-refractivity contribution in [3.8, 4) is 5.75 Å². The molecule has 0 aliphatic carbocycles. The maximum atomic E-state index is 5.87. The molecule has 1 atom stereocenters. The molecule has 1 fully saturated rings. The zero-order chi connectivity index (χ0) is 16.6. The Balaban J connectivity index is 1.39. The average Bonchev–Trinajstić information content (AvgIpc) is 3.10. The van der Waals surface area contributed by atoms with Gasteiger partial charge in [0.2, 0.25) is 0 Å². The van der Waals surface area contributed by atoms with Crippen molar-refractivity contribution in [2.75, 3.05) is 31.6 Å². The van der Waals surface area contributed by atoms with Crippen LogP contribution in [0.3, 0.4) is 0 Å². The Kier molecular flexibility index (Phi) is 6.13. The third-order valence-corrected chi connectivity index (χ3v) is 4.41. The number of benzene rings is 1. The van der Waals surface area contributed by atoms with Gasteiger partial charge in [0.25, 0.3) is 0 Å². The summed E-state index contributed by atoms with van der Waals surface area (Å²) >= 11 is 0. The second-order valence-corrected chi connectivity index (χ2v) is 6.55. The third kappa shape index (κ3) is 5.27. The van der Waals surface area contributed by atoms with Gasteiger partial charge in [0.1, 0.15) is 12.4 Å². The van der Waals surface area contributed by atoms with Gasteiger partial charge in [-0.25, -0.2) is 0 Å². The first-order valence-electron chi connectivity index (χ1n) is 8.99. The van der Waals surface area contributed by atoms with Crippen LogP contribution in [-0.2, 0) is 6.54 Å². The Morgan fingerprint density at radius 3 is 2.67 bits per heavy atom. The largest absolute Gasteiger partial charge is 0.492 e. The highest BCUT2D eigenvalue weighted by Gasteiger charge is 2.09. The maximum Gasteiger partial charge on any atom is 0.119 e. The van der Waals surface area contributed by atoms with Crippen molar-refractivity contribution < 1.29 is 4.74 Å². The second-order valence-electron chi connectivity index (χ2n) is 6.55. The minimum absolute atomic E-state index is 0.316. The molecule has 24 heavy (non-hydrogen) atoms. The second kappa shape index (κ2) is 8.73. The number of nitrogens with one attached hydrogen (secondary N) is 1. The molecule has 5 heteroatoms. The molecule has 0 spiro atoms. The highest BCUT2D eigenvalue weighted by molar-refractivity contribution is 5.46. The normalized spacial score (nSPS) is 16.7. The summed E-state index contributed by atoms with van der Waals surface area (Å²) < 4.78 is 7.81. The molecule has 5 nitrogen and oxygen atoms in total. The number of anilines is 1. The summed E-state index contributed by atoms with van der Waals surface area (Å²) in [5.74, 6) is 0.942. The van der Waals surface area contributed by atoms with Crippen molar-refractivity contribution >= 4 is 5.69 Å². The lowest BCUT2D eigenvalue weighted by atomic mass is 10.1. The van der Waals surface area contributed by atoms with Gasteiger partial charge in [0.15, 0.2) is 0 Å². The summed E-state index contributed by atoms with van der Waals surface area (Å²) in [6.45, 7) is 7.25.